The van der Waals surface area contributed by atoms with Crippen molar-refractivity contribution in [2.75, 3.05) is 11.6 Å². The van der Waals surface area contributed by atoms with Crippen LogP contribution in [0, 0.1) is 6.92 Å². The second-order valence-electron chi connectivity index (χ2n) is 5.70. The van der Waals surface area contributed by atoms with E-state index in [2.05, 4.69) is 21.5 Å². The Kier molecular flexibility index (Phi) is 5.52. The van der Waals surface area contributed by atoms with Gasteiger partial charge in [0.25, 0.3) is 0 Å². The van der Waals surface area contributed by atoms with E-state index in [1.807, 2.05) is 38.6 Å². The van der Waals surface area contributed by atoms with Gasteiger partial charge >= 0.3 is 0 Å². The van der Waals surface area contributed by atoms with E-state index >= 15 is 0 Å². The third kappa shape index (κ3) is 4.54. The summed E-state index contributed by atoms with van der Waals surface area (Å²) in [5.41, 5.74) is 0.940. The van der Waals surface area contributed by atoms with Gasteiger partial charge in [-0.1, -0.05) is 6.42 Å². The number of aryl methyl sites for hydroxylation is 1. The fourth-order valence-corrected chi connectivity index (χ4v) is 3.41. The number of ether oxygens (including phenoxy) is 1. The minimum Gasteiger partial charge on any atom is -0.475 e. The molecule has 0 spiro atoms. The molecule has 0 radical (unpaired) electrons. The maximum absolute atomic E-state index is 5.67. The lowest BCUT2D eigenvalue weighted by Crippen LogP contribution is -2.29. The highest BCUT2D eigenvalue weighted by molar-refractivity contribution is 7.99. The Morgan fingerprint density at radius 2 is 2.15 bits per heavy atom. The first-order valence-corrected chi connectivity index (χ1v) is 8.67. The van der Waals surface area contributed by atoms with Gasteiger partial charge in [-0.2, -0.15) is 16.7 Å². The minimum atomic E-state index is 0.132. The van der Waals surface area contributed by atoms with Gasteiger partial charge in [-0.25, -0.2) is 4.98 Å². The molecule has 112 valence electrons. The molecule has 1 saturated carbocycles. The Hall–Kier alpha value is -0.970. The van der Waals surface area contributed by atoms with Crippen LogP contribution < -0.4 is 10.1 Å². The van der Waals surface area contributed by atoms with Crippen molar-refractivity contribution in [1.29, 1.82) is 0 Å². The van der Waals surface area contributed by atoms with Crippen LogP contribution in [0.5, 0.6) is 5.88 Å². The summed E-state index contributed by atoms with van der Waals surface area (Å²) in [7, 11) is 0. The Morgan fingerprint density at radius 1 is 1.35 bits per heavy atom. The summed E-state index contributed by atoms with van der Waals surface area (Å²) in [4.78, 5) is 8.94. The summed E-state index contributed by atoms with van der Waals surface area (Å²) in [5.74, 6) is 1.36. The first kappa shape index (κ1) is 15.4. The van der Waals surface area contributed by atoms with Gasteiger partial charge in [0.2, 0.25) is 11.8 Å². The summed E-state index contributed by atoms with van der Waals surface area (Å²) in [6.45, 7) is 6.00. The average molecular weight is 295 g/mol. The third-order valence-electron chi connectivity index (χ3n) is 3.48. The average Bonchev–Trinajstić information content (AvgIpc) is 2.37. The molecule has 1 N–H and O–H groups in total. The minimum absolute atomic E-state index is 0.132. The van der Waals surface area contributed by atoms with Crippen molar-refractivity contribution < 1.29 is 4.74 Å². The molecule has 1 heterocycles. The third-order valence-corrected chi connectivity index (χ3v) is 4.57. The monoisotopic (exact) mass is 295 g/mol. The van der Waals surface area contributed by atoms with Crippen LogP contribution in [0.15, 0.2) is 6.07 Å². The van der Waals surface area contributed by atoms with Crippen molar-refractivity contribution in [3.63, 3.8) is 0 Å². The molecule has 5 heteroatoms. The fraction of sp³-hybridized carbons (Fsp3) is 0.733. The zero-order valence-corrected chi connectivity index (χ0v) is 13.7. The molecule has 0 aromatic carbocycles. The van der Waals surface area contributed by atoms with Crippen LogP contribution in [0.4, 0.5) is 5.95 Å². The maximum Gasteiger partial charge on any atom is 0.226 e. The van der Waals surface area contributed by atoms with Crippen LogP contribution in [-0.2, 0) is 0 Å². The fourth-order valence-electron chi connectivity index (χ4n) is 2.58. The van der Waals surface area contributed by atoms with Gasteiger partial charge in [-0.05, 0) is 46.3 Å². The van der Waals surface area contributed by atoms with E-state index in [-0.39, 0.29) is 6.10 Å². The van der Waals surface area contributed by atoms with E-state index in [0.717, 1.165) is 10.9 Å². The zero-order valence-electron chi connectivity index (χ0n) is 12.8. The molecule has 4 nitrogen and oxygen atoms in total. The van der Waals surface area contributed by atoms with Crippen LogP contribution >= 0.6 is 11.8 Å². The van der Waals surface area contributed by atoms with Crippen molar-refractivity contribution >= 4 is 17.7 Å². The van der Waals surface area contributed by atoms with Crippen LogP contribution in [0.1, 0.15) is 45.2 Å². The highest BCUT2D eigenvalue weighted by atomic mass is 32.2. The Bertz CT molecular complexity index is 439. The summed E-state index contributed by atoms with van der Waals surface area (Å²) >= 11 is 1.97. The van der Waals surface area contributed by atoms with Gasteiger partial charge in [0.1, 0.15) is 0 Å². The predicted octanol–water partition coefficient (Wildman–Crippen LogP) is 3.66. The second kappa shape index (κ2) is 7.16. The zero-order chi connectivity index (χ0) is 14.5. The molecule has 0 aliphatic heterocycles. The van der Waals surface area contributed by atoms with E-state index in [1.165, 1.54) is 25.7 Å². The Labute approximate surface area is 126 Å². The van der Waals surface area contributed by atoms with Gasteiger partial charge in [0.15, 0.2) is 0 Å². The summed E-state index contributed by atoms with van der Waals surface area (Å²) in [5, 5.41) is 4.25. The Balaban J connectivity index is 2.02. The van der Waals surface area contributed by atoms with Gasteiger partial charge < -0.3 is 10.1 Å². The van der Waals surface area contributed by atoms with Gasteiger partial charge in [0.05, 0.1) is 6.10 Å². The SMILES string of the molecule is CSC1CCCC(Nc2nc(C)cc(OC(C)C)n2)C1. The highest BCUT2D eigenvalue weighted by Crippen LogP contribution is 2.28. The molecule has 1 fully saturated rings. The summed E-state index contributed by atoms with van der Waals surface area (Å²) in [6.07, 6.45) is 7.34. The van der Waals surface area contributed by atoms with Crippen molar-refractivity contribution in [3.8, 4) is 5.88 Å². The number of anilines is 1. The first-order valence-electron chi connectivity index (χ1n) is 7.38. The van der Waals surface area contributed by atoms with E-state index in [9.17, 15) is 0 Å². The van der Waals surface area contributed by atoms with Crippen LogP contribution in [0.3, 0.4) is 0 Å². The van der Waals surface area contributed by atoms with Crippen LogP contribution in [0.2, 0.25) is 0 Å². The quantitative estimate of drug-likeness (QED) is 0.898. The number of hydrogen-bond donors (Lipinski definition) is 1. The number of thioether (sulfide) groups is 1. The van der Waals surface area contributed by atoms with Crippen molar-refractivity contribution in [2.24, 2.45) is 0 Å². The molecule has 0 bridgehead atoms. The molecule has 2 atom stereocenters. The number of aromatic nitrogens is 2. The van der Waals surface area contributed by atoms with Gasteiger partial charge in [0, 0.05) is 23.1 Å². The standard InChI is InChI=1S/C15H25N3OS/c1-10(2)19-14-8-11(3)16-15(18-14)17-12-6-5-7-13(9-12)20-4/h8,10,12-13H,5-7,9H2,1-4H3,(H,16,17,18). The van der Waals surface area contributed by atoms with Crippen molar-refractivity contribution in [2.45, 2.75) is 63.9 Å². The lowest BCUT2D eigenvalue weighted by Gasteiger charge is -2.28. The molecule has 2 rings (SSSR count). The summed E-state index contributed by atoms with van der Waals surface area (Å²) in [6, 6.07) is 2.37. The molecular formula is C15H25N3OS. The van der Waals surface area contributed by atoms with Crippen molar-refractivity contribution in [3.05, 3.63) is 11.8 Å². The molecule has 0 amide bonds. The van der Waals surface area contributed by atoms with E-state index < -0.39 is 0 Å². The number of nitrogens with zero attached hydrogens (tertiary/aromatic N) is 2. The largest absolute Gasteiger partial charge is 0.475 e. The van der Waals surface area contributed by atoms with Crippen molar-refractivity contribution in [1.82, 2.24) is 9.97 Å². The van der Waals surface area contributed by atoms with E-state index in [0.29, 0.717) is 17.9 Å². The summed E-state index contributed by atoms with van der Waals surface area (Å²) < 4.78 is 5.67. The molecule has 2 unspecified atom stereocenters. The molecule has 0 saturated heterocycles. The van der Waals surface area contributed by atoms with Gasteiger partial charge in [-0.3, -0.25) is 0 Å². The second-order valence-corrected chi connectivity index (χ2v) is 6.84. The predicted molar refractivity (Wildman–Crippen MR) is 85.7 cm³/mol. The highest BCUT2D eigenvalue weighted by Gasteiger charge is 2.22. The molecule has 1 aromatic rings. The molecule has 20 heavy (non-hydrogen) atoms. The molecule has 1 aromatic heterocycles. The number of nitrogens with one attached hydrogen (secondary N) is 1. The smallest absolute Gasteiger partial charge is 0.226 e. The first-order chi connectivity index (χ1) is 9.56. The number of hydrogen-bond acceptors (Lipinski definition) is 5. The lowest BCUT2D eigenvalue weighted by atomic mass is 9.95. The normalized spacial score (nSPS) is 22.9. The lowest BCUT2D eigenvalue weighted by molar-refractivity contribution is 0.232. The molecule has 1 aliphatic carbocycles. The van der Waals surface area contributed by atoms with Crippen LogP contribution in [-0.4, -0.2) is 33.6 Å². The van der Waals surface area contributed by atoms with Crippen LogP contribution in [0.25, 0.3) is 0 Å². The molecular weight excluding hydrogens is 270 g/mol. The van der Waals surface area contributed by atoms with Gasteiger partial charge in [-0.15, -0.1) is 0 Å². The topological polar surface area (TPSA) is 47.0 Å². The van der Waals surface area contributed by atoms with E-state index in [1.54, 1.807) is 0 Å². The Morgan fingerprint density at radius 3 is 2.85 bits per heavy atom. The maximum atomic E-state index is 5.67. The number of rotatable bonds is 5. The molecule has 1 aliphatic rings. The van der Waals surface area contributed by atoms with E-state index in [4.69, 9.17) is 4.74 Å².